The second-order valence-corrected chi connectivity index (χ2v) is 15.7. The van der Waals surface area contributed by atoms with Crippen molar-refractivity contribution in [2.75, 3.05) is 52.5 Å². The highest BCUT2D eigenvalue weighted by molar-refractivity contribution is 6.08. The Hall–Kier alpha value is -7.43. The van der Waals surface area contributed by atoms with Crippen LogP contribution in [0.25, 0.3) is 0 Å². The number of esters is 1. The van der Waals surface area contributed by atoms with Crippen molar-refractivity contribution in [1.82, 2.24) is 24.9 Å². The smallest absolute Gasteiger partial charge is 0.437 e. The van der Waals surface area contributed by atoms with Crippen molar-refractivity contribution < 1.29 is 52.5 Å². The van der Waals surface area contributed by atoms with Gasteiger partial charge in [0.2, 0.25) is 11.9 Å². The molecule has 0 radical (unpaired) electrons. The maximum Gasteiger partial charge on any atom is 0.437 e. The molecular weight excluding hydrogens is 837 g/mol. The van der Waals surface area contributed by atoms with Crippen molar-refractivity contribution in [3.8, 4) is 5.75 Å². The standard InChI is InChI=1S/C48H52N6O11/c55-42-40(30-38-20-13-23-53(31-38)44(49-45(57)64-33-36-16-7-2-8-17-36)50-46(58)65-34-37-18-9-3-10-19-37)41(43(56)63-32-35-14-5-1-6-15-35)54(42)47(59)51-24-26-52(27-25-51)48(60)62-29-28-61-39-21-11-4-12-22-39/h1-12,14-19,21-22,38,40-41H,13,20,23-34H2,(H,49,50,57,58). The highest BCUT2D eigenvalue weighted by Crippen LogP contribution is 2.37. The van der Waals surface area contributed by atoms with Gasteiger partial charge in [-0.15, -0.1) is 4.99 Å². The summed E-state index contributed by atoms with van der Waals surface area (Å²) in [4.78, 5) is 90.6. The number of para-hydroxylation sites is 1. The van der Waals surface area contributed by atoms with Gasteiger partial charge in [0.05, 0.1) is 5.92 Å². The van der Waals surface area contributed by atoms with Gasteiger partial charge in [-0.2, -0.15) is 0 Å². The van der Waals surface area contributed by atoms with Crippen LogP contribution in [-0.4, -0.2) is 120 Å². The number of amides is 6. The Morgan fingerprint density at radius 3 is 1.78 bits per heavy atom. The molecular formula is C48H52N6O11. The lowest BCUT2D eigenvalue weighted by Gasteiger charge is -2.48. The highest BCUT2D eigenvalue weighted by Gasteiger charge is 2.57. The Morgan fingerprint density at radius 1 is 0.615 bits per heavy atom. The molecule has 0 spiro atoms. The van der Waals surface area contributed by atoms with Crippen LogP contribution in [0.1, 0.15) is 36.0 Å². The number of ether oxygens (including phenoxy) is 5. The summed E-state index contributed by atoms with van der Waals surface area (Å²) in [7, 11) is 0. The maximum absolute atomic E-state index is 14.0. The number of alkyl carbamates (subject to hydrolysis) is 1. The quantitative estimate of drug-likeness (QED) is 0.0399. The van der Waals surface area contributed by atoms with E-state index < -0.39 is 48.1 Å². The summed E-state index contributed by atoms with van der Waals surface area (Å²) in [6, 6.07) is 34.6. The van der Waals surface area contributed by atoms with Crippen LogP contribution in [0.2, 0.25) is 0 Å². The van der Waals surface area contributed by atoms with Gasteiger partial charge in [-0.05, 0) is 54.0 Å². The lowest BCUT2D eigenvalue weighted by atomic mass is 9.78. The van der Waals surface area contributed by atoms with Crippen LogP contribution in [0.15, 0.2) is 126 Å². The van der Waals surface area contributed by atoms with Crippen molar-refractivity contribution in [2.24, 2.45) is 16.8 Å². The third kappa shape index (κ3) is 12.8. The fourth-order valence-electron chi connectivity index (χ4n) is 7.88. The first-order valence-electron chi connectivity index (χ1n) is 21.7. The lowest BCUT2D eigenvalue weighted by Crippen LogP contribution is -2.70. The molecule has 340 valence electrons. The van der Waals surface area contributed by atoms with Gasteiger partial charge >= 0.3 is 30.3 Å². The van der Waals surface area contributed by atoms with Crippen molar-refractivity contribution in [1.29, 1.82) is 0 Å². The molecule has 6 amide bonds. The van der Waals surface area contributed by atoms with Crippen LogP contribution in [-0.2, 0) is 48.4 Å². The van der Waals surface area contributed by atoms with E-state index in [1.165, 1.54) is 9.80 Å². The number of nitrogens with one attached hydrogen (secondary N) is 1. The fourth-order valence-corrected chi connectivity index (χ4v) is 7.88. The predicted molar refractivity (Wildman–Crippen MR) is 235 cm³/mol. The number of benzene rings is 4. The number of rotatable bonds is 13. The molecule has 17 nitrogen and oxygen atoms in total. The molecule has 4 aromatic rings. The molecule has 7 rings (SSSR count). The molecule has 0 saturated carbocycles. The number of likely N-dealkylation sites (tertiary alicyclic amines) is 2. The molecule has 0 bridgehead atoms. The number of β-lactam (4-membered cyclic amide) rings is 1. The van der Waals surface area contributed by atoms with E-state index in [4.69, 9.17) is 23.7 Å². The van der Waals surface area contributed by atoms with Crippen LogP contribution in [0.5, 0.6) is 5.75 Å². The van der Waals surface area contributed by atoms with E-state index in [0.29, 0.717) is 25.1 Å². The summed E-state index contributed by atoms with van der Waals surface area (Å²) in [6.45, 7) is 1.31. The Bertz CT molecular complexity index is 2260. The molecule has 17 heteroatoms. The van der Waals surface area contributed by atoms with Gasteiger partial charge in [0.25, 0.3) is 0 Å². The molecule has 0 aliphatic carbocycles. The molecule has 3 atom stereocenters. The Labute approximate surface area is 376 Å². The first-order valence-corrected chi connectivity index (χ1v) is 21.7. The van der Waals surface area contributed by atoms with Crippen LogP contribution in [0.3, 0.4) is 0 Å². The molecule has 1 N–H and O–H groups in total. The van der Waals surface area contributed by atoms with Crippen LogP contribution < -0.4 is 10.1 Å². The van der Waals surface area contributed by atoms with Gasteiger partial charge in [-0.25, -0.2) is 28.9 Å². The number of urea groups is 1. The van der Waals surface area contributed by atoms with Crippen LogP contribution in [0.4, 0.5) is 19.2 Å². The van der Waals surface area contributed by atoms with E-state index in [1.54, 1.807) is 41.3 Å². The largest absolute Gasteiger partial charge is 0.490 e. The average molecular weight is 889 g/mol. The number of guanidine groups is 1. The normalized spacial score (nSPS) is 18.5. The van der Waals surface area contributed by atoms with Gasteiger partial charge in [0.15, 0.2) is 6.04 Å². The molecule has 3 saturated heterocycles. The monoisotopic (exact) mass is 888 g/mol. The highest BCUT2D eigenvalue weighted by atomic mass is 16.6. The summed E-state index contributed by atoms with van der Waals surface area (Å²) >= 11 is 0. The number of nitrogens with zero attached hydrogens (tertiary/aromatic N) is 5. The molecule has 3 unspecified atom stereocenters. The van der Waals surface area contributed by atoms with E-state index in [0.717, 1.165) is 21.6 Å². The van der Waals surface area contributed by atoms with Gasteiger partial charge in [0, 0.05) is 39.3 Å². The third-order valence-corrected chi connectivity index (χ3v) is 11.2. The van der Waals surface area contributed by atoms with E-state index in [-0.39, 0.29) is 84.1 Å². The average Bonchev–Trinajstić information content (AvgIpc) is 3.35. The number of piperidine rings is 1. The van der Waals surface area contributed by atoms with Gasteiger partial charge in [-0.1, -0.05) is 109 Å². The SMILES string of the molecule is O=C(/N=C(\NC(=O)OCc1ccccc1)N1CCCC(CC2C(=O)N(C(=O)N3CCN(C(=O)OCCOc4ccccc4)CC3)C2C(=O)OCc2ccccc2)C1)OCc1ccccc1. The summed E-state index contributed by atoms with van der Waals surface area (Å²) in [5.41, 5.74) is 2.26. The van der Waals surface area contributed by atoms with Gasteiger partial charge in [0.1, 0.15) is 38.8 Å². The lowest BCUT2D eigenvalue weighted by molar-refractivity contribution is -0.172. The van der Waals surface area contributed by atoms with Crippen LogP contribution in [0, 0.1) is 11.8 Å². The van der Waals surface area contributed by atoms with E-state index in [9.17, 15) is 28.8 Å². The minimum Gasteiger partial charge on any atom is -0.490 e. The molecule has 3 aliphatic rings. The Kier molecular flexibility index (Phi) is 16.0. The minimum absolute atomic E-state index is 0.0184. The minimum atomic E-state index is -1.20. The number of piperazine rings is 1. The van der Waals surface area contributed by atoms with E-state index in [2.05, 4.69) is 10.3 Å². The zero-order valence-corrected chi connectivity index (χ0v) is 35.9. The van der Waals surface area contributed by atoms with Gasteiger partial charge in [-0.3, -0.25) is 10.1 Å². The van der Waals surface area contributed by atoms with Crippen molar-refractivity contribution in [3.05, 3.63) is 138 Å². The summed E-state index contributed by atoms with van der Waals surface area (Å²) in [5.74, 6) is -1.77. The predicted octanol–water partition coefficient (Wildman–Crippen LogP) is 6.23. The number of carbonyl (C=O) groups excluding carboxylic acids is 6. The van der Waals surface area contributed by atoms with Crippen LogP contribution >= 0.6 is 0 Å². The molecule has 3 fully saturated rings. The summed E-state index contributed by atoms with van der Waals surface area (Å²) < 4.78 is 27.6. The number of hydrogen-bond donors (Lipinski definition) is 1. The second kappa shape index (κ2) is 22.8. The van der Waals surface area contributed by atoms with Crippen molar-refractivity contribution in [2.45, 2.75) is 45.1 Å². The number of imide groups is 1. The summed E-state index contributed by atoms with van der Waals surface area (Å²) in [5, 5.41) is 2.62. The molecule has 65 heavy (non-hydrogen) atoms. The number of hydrogen-bond acceptors (Lipinski definition) is 11. The van der Waals surface area contributed by atoms with E-state index >= 15 is 0 Å². The summed E-state index contributed by atoms with van der Waals surface area (Å²) in [6.07, 6.45) is -0.841. The Morgan fingerprint density at radius 2 is 1.17 bits per heavy atom. The van der Waals surface area contributed by atoms with Crippen molar-refractivity contribution >= 4 is 42.1 Å². The number of carbonyl (C=O) groups is 6. The molecule has 0 aromatic heterocycles. The Balaban J connectivity index is 0.989. The zero-order chi connectivity index (χ0) is 45.4. The second-order valence-electron chi connectivity index (χ2n) is 15.7. The van der Waals surface area contributed by atoms with Crippen molar-refractivity contribution in [3.63, 3.8) is 0 Å². The molecule has 3 heterocycles. The fraction of sp³-hybridized carbons (Fsp3) is 0.354. The third-order valence-electron chi connectivity index (χ3n) is 11.2. The zero-order valence-electron chi connectivity index (χ0n) is 35.9. The topological polar surface area (TPSA) is 186 Å². The maximum atomic E-state index is 14.0. The molecule has 3 aliphatic heterocycles. The van der Waals surface area contributed by atoms with Gasteiger partial charge < -0.3 is 38.4 Å². The first kappa shape index (κ1) is 45.6. The first-order chi connectivity index (χ1) is 31.7. The number of aliphatic imine (C=N–C) groups is 1. The van der Waals surface area contributed by atoms with E-state index in [1.807, 2.05) is 84.9 Å². The molecule has 4 aromatic carbocycles.